The fourth-order valence-electron chi connectivity index (χ4n) is 4.22. The minimum absolute atomic E-state index is 0.00698. The van der Waals surface area contributed by atoms with Gasteiger partial charge in [-0.3, -0.25) is 19.3 Å². The number of ether oxygens (including phenoxy) is 3. The average molecular weight is 433 g/mol. The number of methoxy groups -OCH3 is 2. The van der Waals surface area contributed by atoms with E-state index in [0.29, 0.717) is 39.1 Å². The third-order valence-electron chi connectivity index (χ3n) is 5.93. The molecule has 0 N–H and O–H groups in total. The Hall–Kier alpha value is -2.61. The van der Waals surface area contributed by atoms with E-state index in [9.17, 15) is 14.4 Å². The van der Waals surface area contributed by atoms with E-state index in [4.69, 9.17) is 9.47 Å². The molecule has 1 fully saturated rings. The summed E-state index contributed by atoms with van der Waals surface area (Å²) in [6.45, 7) is 2.93. The number of hydrogen-bond acceptors (Lipinski definition) is 7. The van der Waals surface area contributed by atoms with Gasteiger partial charge < -0.3 is 19.1 Å². The summed E-state index contributed by atoms with van der Waals surface area (Å²) < 4.78 is 15.5. The highest BCUT2D eigenvalue weighted by molar-refractivity contribution is 5.77. The molecule has 0 aliphatic carbocycles. The van der Waals surface area contributed by atoms with Gasteiger partial charge in [0, 0.05) is 31.5 Å². The number of likely N-dealkylation sites (tertiary alicyclic amines) is 1. The van der Waals surface area contributed by atoms with Crippen molar-refractivity contribution in [2.75, 3.05) is 33.9 Å². The molecule has 8 heteroatoms. The molecule has 3 rings (SSSR count). The van der Waals surface area contributed by atoms with Gasteiger partial charge in [-0.25, -0.2) is 0 Å². The molecular weight excluding hydrogens is 400 g/mol. The van der Waals surface area contributed by atoms with Crippen LogP contribution < -0.4 is 4.74 Å². The first kappa shape index (κ1) is 23.1. The Morgan fingerprint density at radius 1 is 1.10 bits per heavy atom. The van der Waals surface area contributed by atoms with Crippen LogP contribution in [0.5, 0.6) is 5.75 Å². The fourth-order valence-corrected chi connectivity index (χ4v) is 4.22. The average Bonchev–Trinajstić information content (AvgIpc) is 3.01. The summed E-state index contributed by atoms with van der Waals surface area (Å²) in [5.74, 6) is 0.316. The Labute approximate surface area is 183 Å². The molecule has 2 aliphatic rings. The second kappa shape index (κ2) is 11.1. The number of rotatable bonds is 7. The highest BCUT2D eigenvalue weighted by Crippen LogP contribution is 2.27. The molecule has 0 aromatic heterocycles. The van der Waals surface area contributed by atoms with Crippen molar-refractivity contribution in [2.45, 2.75) is 57.7 Å². The standard InChI is InChI=1S/C23H32N2O6/c1-29-22(27)8-5-7-21(26)25-12-13-31-20-10-9-17(14-18(20)16-25)15-24-11-4-3-6-19(24)23(28)30-2/h9-10,14,19H,3-8,11-13,15-16H2,1-2H3. The van der Waals surface area contributed by atoms with Crippen molar-refractivity contribution < 1.29 is 28.6 Å². The zero-order valence-electron chi connectivity index (χ0n) is 18.4. The molecule has 0 radical (unpaired) electrons. The van der Waals surface area contributed by atoms with E-state index in [-0.39, 0.29) is 30.3 Å². The maximum atomic E-state index is 12.6. The quantitative estimate of drug-likeness (QED) is 0.611. The van der Waals surface area contributed by atoms with Gasteiger partial charge >= 0.3 is 11.9 Å². The van der Waals surface area contributed by atoms with Crippen LogP contribution in [0.4, 0.5) is 0 Å². The maximum absolute atomic E-state index is 12.6. The monoisotopic (exact) mass is 432 g/mol. The molecule has 8 nitrogen and oxygen atoms in total. The molecule has 31 heavy (non-hydrogen) atoms. The van der Waals surface area contributed by atoms with Crippen LogP contribution in [0.2, 0.25) is 0 Å². The number of nitrogens with zero attached hydrogens (tertiary/aromatic N) is 2. The van der Waals surface area contributed by atoms with Gasteiger partial charge in [0.25, 0.3) is 0 Å². The van der Waals surface area contributed by atoms with E-state index in [1.54, 1.807) is 4.90 Å². The number of amides is 1. The highest BCUT2D eigenvalue weighted by atomic mass is 16.5. The maximum Gasteiger partial charge on any atom is 0.323 e. The molecule has 1 saturated heterocycles. The van der Waals surface area contributed by atoms with Gasteiger partial charge in [-0.05, 0) is 43.5 Å². The lowest BCUT2D eigenvalue weighted by Gasteiger charge is -2.33. The van der Waals surface area contributed by atoms with Crippen LogP contribution in [0.15, 0.2) is 18.2 Å². The van der Waals surface area contributed by atoms with Crippen LogP contribution in [0.3, 0.4) is 0 Å². The highest BCUT2D eigenvalue weighted by Gasteiger charge is 2.29. The van der Waals surface area contributed by atoms with Gasteiger partial charge in [0.2, 0.25) is 5.91 Å². The first-order valence-corrected chi connectivity index (χ1v) is 10.9. The van der Waals surface area contributed by atoms with E-state index in [2.05, 4.69) is 15.7 Å². The minimum Gasteiger partial charge on any atom is -0.491 e. The van der Waals surface area contributed by atoms with Crippen LogP contribution in [0.25, 0.3) is 0 Å². The lowest BCUT2D eigenvalue weighted by atomic mass is 10.0. The summed E-state index contributed by atoms with van der Waals surface area (Å²) in [6, 6.07) is 5.84. The fraction of sp³-hybridized carbons (Fsp3) is 0.609. The molecule has 1 amide bonds. The summed E-state index contributed by atoms with van der Waals surface area (Å²) in [5, 5.41) is 0. The molecule has 1 atom stereocenters. The number of fused-ring (bicyclic) bond motifs is 1. The summed E-state index contributed by atoms with van der Waals surface area (Å²) in [5.41, 5.74) is 2.04. The van der Waals surface area contributed by atoms with Gasteiger partial charge in [0.05, 0.1) is 20.8 Å². The molecule has 1 unspecified atom stereocenters. The van der Waals surface area contributed by atoms with E-state index in [1.807, 2.05) is 12.1 Å². The Balaban J connectivity index is 1.65. The topological polar surface area (TPSA) is 85.4 Å². The second-order valence-electron chi connectivity index (χ2n) is 8.04. The smallest absolute Gasteiger partial charge is 0.323 e. The lowest BCUT2D eigenvalue weighted by molar-refractivity contribution is -0.148. The van der Waals surface area contributed by atoms with E-state index in [1.165, 1.54) is 14.2 Å². The molecule has 170 valence electrons. The number of carbonyl (C=O) groups is 3. The van der Waals surface area contributed by atoms with Crippen molar-refractivity contribution in [2.24, 2.45) is 0 Å². The number of carbonyl (C=O) groups excluding carboxylic acids is 3. The largest absolute Gasteiger partial charge is 0.491 e. The van der Waals surface area contributed by atoms with Gasteiger partial charge in [-0.1, -0.05) is 12.5 Å². The van der Waals surface area contributed by atoms with Crippen LogP contribution in [-0.4, -0.2) is 67.6 Å². The number of hydrogen-bond donors (Lipinski definition) is 0. The molecule has 0 bridgehead atoms. The zero-order chi connectivity index (χ0) is 22.2. The van der Waals surface area contributed by atoms with Crippen LogP contribution in [-0.2, 0) is 36.9 Å². The SMILES string of the molecule is COC(=O)CCCC(=O)N1CCOc2ccc(CN3CCCCC3C(=O)OC)cc2C1. The molecule has 1 aromatic carbocycles. The lowest BCUT2D eigenvalue weighted by Crippen LogP contribution is -2.44. The van der Waals surface area contributed by atoms with Crippen LogP contribution >= 0.6 is 0 Å². The van der Waals surface area contributed by atoms with E-state index < -0.39 is 0 Å². The van der Waals surface area contributed by atoms with Crippen molar-refractivity contribution in [3.8, 4) is 5.75 Å². The van der Waals surface area contributed by atoms with Gasteiger partial charge in [-0.15, -0.1) is 0 Å². The van der Waals surface area contributed by atoms with Gasteiger partial charge in [-0.2, -0.15) is 0 Å². The van der Waals surface area contributed by atoms with Gasteiger partial charge in [0.15, 0.2) is 0 Å². The number of esters is 2. The predicted molar refractivity (Wildman–Crippen MR) is 113 cm³/mol. The van der Waals surface area contributed by atoms with Gasteiger partial charge in [0.1, 0.15) is 18.4 Å². The van der Waals surface area contributed by atoms with Crippen molar-refractivity contribution in [3.05, 3.63) is 29.3 Å². The summed E-state index contributed by atoms with van der Waals surface area (Å²) in [7, 11) is 2.79. The molecule has 0 spiro atoms. The Morgan fingerprint density at radius 2 is 1.94 bits per heavy atom. The second-order valence-corrected chi connectivity index (χ2v) is 8.04. The first-order chi connectivity index (χ1) is 15.0. The number of benzene rings is 1. The van der Waals surface area contributed by atoms with Crippen LogP contribution in [0, 0.1) is 0 Å². The molecule has 2 aliphatic heterocycles. The molecular formula is C23H32N2O6. The third-order valence-corrected chi connectivity index (χ3v) is 5.93. The molecule has 2 heterocycles. The van der Waals surface area contributed by atoms with E-state index in [0.717, 1.165) is 42.7 Å². The Morgan fingerprint density at radius 3 is 2.71 bits per heavy atom. The molecule has 1 aromatic rings. The summed E-state index contributed by atoms with van der Waals surface area (Å²) in [6.07, 6.45) is 3.92. The third kappa shape index (κ3) is 6.19. The van der Waals surface area contributed by atoms with E-state index >= 15 is 0 Å². The van der Waals surface area contributed by atoms with Crippen molar-refractivity contribution in [1.82, 2.24) is 9.80 Å². The predicted octanol–water partition coefficient (Wildman–Crippen LogP) is 2.28. The van der Waals surface area contributed by atoms with Crippen molar-refractivity contribution in [1.29, 1.82) is 0 Å². The zero-order valence-corrected chi connectivity index (χ0v) is 18.4. The number of piperidine rings is 1. The summed E-state index contributed by atoms with van der Waals surface area (Å²) >= 11 is 0. The Kier molecular flexibility index (Phi) is 8.28. The summed E-state index contributed by atoms with van der Waals surface area (Å²) in [4.78, 5) is 40.0. The minimum atomic E-state index is -0.301. The normalized spacial score (nSPS) is 19.0. The van der Waals surface area contributed by atoms with Crippen LogP contribution in [0.1, 0.15) is 49.7 Å². The molecule has 0 saturated carbocycles. The first-order valence-electron chi connectivity index (χ1n) is 10.9. The van der Waals surface area contributed by atoms with Crippen molar-refractivity contribution >= 4 is 17.8 Å². The Bertz CT molecular complexity index is 796. The van der Waals surface area contributed by atoms with Crippen molar-refractivity contribution in [3.63, 3.8) is 0 Å².